The number of aromatic nitrogens is 3. The van der Waals surface area contributed by atoms with Crippen molar-refractivity contribution < 1.29 is 9.26 Å². The zero-order chi connectivity index (χ0) is 14.4. The molecule has 0 aromatic carbocycles. The predicted molar refractivity (Wildman–Crippen MR) is 74.7 cm³/mol. The van der Waals surface area contributed by atoms with E-state index < -0.39 is 0 Å². The molecule has 0 amide bonds. The number of hydrogen-bond donors (Lipinski definition) is 1. The van der Waals surface area contributed by atoms with Gasteiger partial charge in [-0.15, -0.1) is 0 Å². The molecule has 20 heavy (non-hydrogen) atoms. The van der Waals surface area contributed by atoms with E-state index in [0.717, 1.165) is 18.4 Å². The fourth-order valence-corrected chi connectivity index (χ4v) is 1.92. The van der Waals surface area contributed by atoms with Crippen molar-refractivity contribution in [3.63, 3.8) is 0 Å². The summed E-state index contributed by atoms with van der Waals surface area (Å²) >= 11 is 0. The molecule has 1 unspecified atom stereocenters. The van der Waals surface area contributed by atoms with Crippen LogP contribution < -0.4 is 10.1 Å². The van der Waals surface area contributed by atoms with E-state index in [2.05, 4.69) is 27.4 Å². The van der Waals surface area contributed by atoms with Gasteiger partial charge in [0.2, 0.25) is 11.8 Å². The van der Waals surface area contributed by atoms with Gasteiger partial charge in [0.25, 0.3) is 0 Å². The summed E-state index contributed by atoms with van der Waals surface area (Å²) in [5, 5.41) is 7.22. The van der Waals surface area contributed by atoms with Crippen molar-refractivity contribution in [3.05, 3.63) is 35.6 Å². The van der Waals surface area contributed by atoms with Crippen LogP contribution in [-0.4, -0.2) is 35.3 Å². The third-order valence-electron chi connectivity index (χ3n) is 3.20. The molecule has 0 aliphatic heterocycles. The fraction of sp³-hybridized carbons (Fsp3) is 0.500. The maximum atomic E-state index is 5.27. The van der Waals surface area contributed by atoms with Crippen molar-refractivity contribution in [1.82, 2.24) is 20.4 Å². The van der Waals surface area contributed by atoms with Crippen LogP contribution in [0.1, 0.15) is 30.6 Å². The Morgan fingerprint density at radius 1 is 1.40 bits per heavy atom. The first-order valence-electron chi connectivity index (χ1n) is 6.72. The number of likely N-dealkylation sites (N-methyl/N-ethyl adjacent to an activating group) is 1. The van der Waals surface area contributed by atoms with E-state index in [4.69, 9.17) is 9.26 Å². The van der Waals surface area contributed by atoms with Gasteiger partial charge < -0.3 is 14.6 Å². The summed E-state index contributed by atoms with van der Waals surface area (Å²) in [5.41, 5.74) is 1.03. The van der Waals surface area contributed by atoms with Crippen molar-refractivity contribution in [1.29, 1.82) is 0 Å². The third-order valence-corrected chi connectivity index (χ3v) is 3.20. The van der Waals surface area contributed by atoms with Crippen molar-refractivity contribution in [2.24, 2.45) is 0 Å². The highest BCUT2D eigenvalue weighted by atomic mass is 16.5. The van der Waals surface area contributed by atoms with E-state index in [1.807, 2.05) is 19.2 Å². The lowest BCUT2D eigenvalue weighted by molar-refractivity contribution is 0.355. The Morgan fingerprint density at radius 2 is 2.25 bits per heavy atom. The van der Waals surface area contributed by atoms with E-state index >= 15 is 0 Å². The average Bonchev–Trinajstić information content (AvgIpc) is 2.92. The number of ether oxygens (including phenoxy) is 1. The number of nitrogens with one attached hydrogen (secondary N) is 1. The Morgan fingerprint density at radius 3 is 2.85 bits per heavy atom. The summed E-state index contributed by atoms with van der Waals surface area (Å²) < 4.78 is 10.3. The SMILES string of the molecule is CCC(Cc1nc(Cc2ccc(OC)nc2)no1)NC. The molecule has 108 valence electrons. The Bertz CT molecular complexity index is 520. The zero-order valence-electron chi connectivity index (χ0n) is 12.1. The van der Waals surface area contributed by atoms with Crippen molar-refractivity contribution in [2.75, 3.05) is 14.2 Å². The zero-order valence-corrected chi connectivity index (χ0v) is 12.1. The standard InChI is InChI=1S/C14H20N4O2/c1-4-11(15-2)8-14-17-12(18-20-14)7-10-5-6-13(19-3)16-9-10/h5-6,9,11,15H,4,7-8H2,1-3H3. The minimum atomic E-state index is 0.367. The van der Waals surface area contributed by atoms with Crippen LogP contribution in [0.2, 0.25) is 0 Å². The highest BCUT2D eigenvalue weighted by molar-refractivity contribution is 5.20. The lowest BCUT2D eigenvalue weighted by Crippen LogP contribution is -2.26. The van der Waals surface area contributed by atoms with Crippen LogP contribution in [0.3, 0.4) is 0 Å². The Labute approximate surface area is 118 Å². The molecule has 2 aromatic heterocycles. The quantitative estimate of drug-likeness (QED) is 0.828. The second-order valence-electron chi connectivity index (χ2n) is 4.59. The molecule has 6 nitrogen and oxygen atoms in total. The van der Waals surface area contributed by atoms with Gasteiger partial charge >= 0.3 is 0 Å². The number of nitrogens with zero attached hydrogens (tertiary/aromatic N) is 3. The number of methoxy groups -OCH3 is 1. The van der Waals surface area contributed by atoms with Gasteiger partial charge in [-0.25, -0.2) is 4.98 Å². The van der Waals surface area contributed by atoms with E-state index in [0.29, 0.717) is 30.1 Å². The second-order valence-corrected chi connectivity index (χ2v) is 4.59. The molecule has 0 aliphatic carbocycles. The molecular weight excluding hydrogens is 256 g/mol. The first kappa shape index (κ1) is 14.5. The van der Waals surface area contributed by atoms with Crippen LogP contribution in [0.4, 0.5) is 0 Å². The van der Waals surface area contributed by atoms with E-state index in [-0.39, 0.29) is 0 Å². The largest absolute Gasteiger partial charge is 0.481 e. The average molecular weight is 276 g/mol. The molecule has 0 aliphatic rings. The summed E-state index contributed by atoms with van der Waals surface area (Å²) in [6.07, 6.45) is 4.14. The molecule has 1 atom stereocenters. The molecule has 2 aromatic rings. The van der Waals surface area contributed by atoms with Gasteiger partial charge in [-0.1, -0.05) is 18.1 Å². The molecule has 0 radical (unpaired) electrons. The molecule has 2 heterocycles. The van der Waals surface area contributed by atoms with Crippen molar-refractivity contribution >= 4 is 0 Å². The molecular formula is C14H20N4O2. The van der Waals surface area contributed by atoms with Crippen LogP contribution in [0.5, 0.6) is 5.88 Å². The lowest BCUT2D eigenvalue weighted by atomic mass is 10.1. The fourth-order valence-electron chi connectivity index (χ4n) is 1.92. The maximum Gasteiger partial charge on any atom is 0.228 e. The third kappa shape index (κ3) is 3.77. The molecule has 1 N–H and O–H groups in total. The summed E-state index contributed by atoms with van der Waals surface area (Å²) in [5.74, 6) is 1.95. The van der Waals surface area contributed by atoms with Gasteiger partial charge in [-0.3, -0.25) is 0 Å². The summed E-state index contributed by atoms with van der Waals surface area (Å²) in [6, 6.07) is 4.14. The Balaban J connectivity index is 1.97. The van der Waals surface area contributed by atoms with E-state index in [1.165, 1.54) is 0 Å². The monoisotopic (exact) mass is 276 g/mol. The first-order valence-corrected chi connectivity index (χ1v) is 6.72. The number of pyridine rings is 1. The van der Waals surface area contributed by atoms with Gasteiger partial charge in [0, 0.05) is 31.1 Å². The topological polar surface area (TPSA) is 73.1 Å². The van der Waals surface area contributed by atoms with Gasteiger partial charge in [-0.2, -0.15) is 4.98 Å². The van der Waals surface area contributed by atoms with Crippen LogP contribution in [-0.2, 0) is 12.8 Å². The van der Waals surface area contributed by atoms with Crippen LogP contribution in [0.25, 0.3) is 0 Å². The first-order chi connectivity index (χ1) is 9.75. The molecule has 0 saturated carbocycles. The summed E-state index contributed by atoms with van der Waals surface area (Å²) in [7, 11) is 3.54. The molecule has 2 rings (SSSR count). The minimum Gasteiger partial charge on any atom is -0.481 e. The van der Waals surface area contributed by atoms with E-state index in [9.17, 15) is 0 Å². The molecule has 0 spiro atoms. The Kier molecular flexibility index (Phi) is 5.06. The molecule has 0 saturated heterocycles. The number of rotatable bonds is 7. The van der Waals surface area contributed by atoms with Crippen LogP contribution >= 0.6 is 0 Å². The Hall–Kier alpha value is -1.95. The van der Waals surface area contributed by atoms with E-state index in [1.54, 1.807) is 13.3 Å². The summed E-state index contributed by atoms with van der Waals surface area (Å²) in [4.78, 5) is 8.56. The highest BCUT2D eigenvalue weighted by Gasteiger charge is 2.12. The maximum absolute atomic E-state index is 5.27. The van der Waals surface area contributed by atoms with Crippen LogP contribution in [0, 0.1) is 0 Å². The number of hydrogen-bond acceptors (Lipinski definition) is 6. The molecule has 0 bridgehead atoms. The van der Waals surface area contributed by atoms with Gasteiger partial charge in [0.05, 0.1) is 7.11 Å². The smallest absolute Gasteiger partial charge is 0.228 e. The second kappa shape index (κ2) is 7.00. The normalized spacial score (nSPS) is 12.3. The van der Waals surface area contributed by atoms with Gasteiger partial charge in [-0.05, 0) is 19.0 Å². The molecule has 0 fully saturated rings. The van der Waals surface area contributed by atoms with Crippen molar-refractivity contribution in [2.45, 2.75) is 32.2 Å². The van der Waals surface area contributed by atoms with Gasteiger partial charge in [0.1, 0.15) is 0 Å². The summed E-state index contributed by atoms with van der Waals surface area (Å²) in [6.45, 7) is 2.13. The predicted octanol–water partition coefficient (Wildman–Crippen LogP) is 1.60. The van der Waals surface area contributed by atoms with Gasteiger partial charge in [0.15, 0.2) is 5.82 Å². The minimum absolute atomic E-state index is 0.367. The lowest BCUT2D eigenvalue weighted by Gasteiger charge is -2.09. The van der Waals surface area contributed by atoms with Crippen molar-refractivity contribution in [3.8, 4) is 5.88 Å². The highest BCUT2D eigenvalue weighted by Crippen LogP contribution is 2.11. The molecule has 6 heteroatoms. The van der Waals surface area contributed by atoms with Crippen LogP contribution in [0.15, 0.2) is 22.9 Å².